The van der Waals surface area contributed by atoms with Crippen LogP contribution >= 0.6 is 11.6 Å². The molecule has 4 aliphatic rings. The van der Waals surface area contributed by atoms with E-state index in [2.05, 4.69) is 10.4 Å². The number of aromatic nitrogens is 2. The quantitative estimate of drug-likeness (QED) is 0.802. The topological polar surface area (TPSA) is 84.2 Å². The van der Waals surface area contributed by atoms with Gasteiger partial charge in [0.05, 0.1) is 28.7 Å². The molecule has 6 rings (SSSR count). The summed E-state index contributed by atoms with van der Waals surface area (Å²) in [6, 6.07) is 6.53. The number of rotatable bonds is 4. The van der Waals surface area contributed by atoms with E-state index >= 15 is 0 Å². The number of nitrogens with one attached hydrogen (secondary N) is 1. The van der Waals surface area contributed by atoms with Crippen molar-refractivity contribution in [2.24, 2.45) is 17.8 Å². The van der Waals surface area contributed by atoms with Crippen molar-refractivity contribution in [2.75, 3.05) is 5.32 Å². The number of anilines is 2. The zero-order valence-corrected chi connectivity index (χ0v) is 16.2. The van der Waals surface area contributed by atoms with Crippen molar-refractivity contribution in [3.8, 4) is 0 Å². The number of aromatic carboxylic acids is 1. The second-order valence-corrected chi connectivity index (χ2v) is 9.08. The third-order valence-corrected chi connectivity index (χ3v) is 7.17. The van der Waals surface area contributed by atoms with Crippen molar-refractivity contribution in [3.05, 3.63) is 51.4 Å². The van der Waals surface area contributed by atoms with Gasteiger partial charge in [0.25, 0.3) is 5.56 Å². The van der Waals surface area contributed by atoms with Crippen molar-refractivity contribution in [1.29, 1.82) is 0 Å². The van der Waals surface area contributed by atoms with Crippen LogP contribution in [0.4, 0.5) is 11.4 Å². The predicted molar refractivity (Wildman–Crippen MR) is 106 cm³/mol. The Hall–Kier alpha value is -2.34. The van der Waals surface area contributed by atoms with E-state index in [9.17, 15) is 14.7 Å². The van der Waals surface area contributed by atoms with Gasteiger partial charge >= 0.3 is 5.97 Å². The molecule has 1 aromatic heterocycles. The molecule has 0 amide bonds. The number of carboxylic acids is 1. The molecule has 6 nitrogen and oxygen atoms in total. The molecule has 0 radical (unpaired) electrons. The first-order valence-corrected chi connectivity index (χ1v) is 10.2. The van der Waals surface area contributed by atoms with Gasteiger partial charge in [0.2, 0.25) is 0 Å². The molecule has 0 aliphatic heterocycles. The van der Waals surface area contributed by atoms with Crippen molar-refractivity contribution in [2.45, 2.75) is 44.1 Å². The Kier molecular flexibility index (Phi) is 4.02. The van der Waals surface area contributed by atoms with E-state index < -0.39 is 5.97 Å². The molecule has 2 aromatic rings. The number of carbonyl (C=O) groups is 1. The maximum atomic E-state index is 13.1. The lowest BCUT2D eigenvalue weighted by atomic mass is 9.53. The minimum Gasteiger partial charge on any atom is -0.478 e. The summed E-state index contributed by atoms with van der Waals surface area (Å²) in [6.45, 7) is 0. The van der Waals surface area contributed by atoms with Gasteiger partial charge in [-0.15, -0.1) is 0 Å². The monoisotopic (exact) mass is 399 g/mol. The fraction of sp³-hybridized carbons (Fsp3) is 0.476. The first-order valence-electron chi connectivity index (χ1n) is 9.83. The lowest BCUT2D eigenvalue weighted by Crippen LogP contribution is -2.55. The Morgan fingerprint density at radius 2 is 1.71 bits per heavy atom. The van der Waals surface area contributed by atoms with Crippen LogP contribution in [0.15, 0.2) is 35.3 Å². The number of hydrogen-bond donors (Lipinski definition) is 2. The van der Waals surface area contributed by atoms with Crippen LogP contribution in [0, 0.1) is 17.8 Å². The minimum absolute atomic E-state index is 0.0611. The first kappa shape index (κ1) is 17.7. The summed E-state index contributed by atoms with van der Waals surface area (Å²) < 4.78 is 1.63. The van der Waals surface area contributed by atoms with E-state index in [0.717, 1.165) is 19.3 Å². The van der Waals surface area contributed by atoms with Crippen LogP contribution in [-0.4, -0.2) is 20.9 Å². The summed E-state index contributed by atoms with van der Waals surface area (Å²) in [6.07, 6.45) is 8.44. The smallest absolute Gasteiger partial charge is 0.337 e. The molecule has 4 saturated carbocycles. The fourth-order valence-electron chi connectivity index (χ4n) is 6.11. The summed E-state index contributed by atoms with van der Waals surface area (Å²) in [5.41, 5.74) is 0.338. The van der Waals surface area contributed by atoms with Gasteiger partial charge in [0, 0.05) is 0 Å². The highest BCUT2D eigenvalue weighted by atomic mass is 35.5. The molecule has 4 fully saturated rings. The molecule has 1 heterocycles. The number of halogens is 1. The van der Waals surface area contributed by atoms with Crippen LogP contribution in [0.25, 0.3) is 0 Å². The molecule has 0 unspecified atom stereocenters. The molecule has 28 heavy (non-hydrogen) atoms. The predicted octanol–water partition coefficient (Wildman–Crippen LogP) is 4.26. The Morgan fingerprint density at radius 1 is 1.11 bits per heavy atom. The number of para-hydroxylation sites is 1. The summed E-state index contributed by atoms with van der Waals surface area (Å²) >= 11 is 6.44. The average molecular weight is 400 g/mol. The molecule has 7 heteroatoms. The van der Waals surface area contributed by atoms with Crippen LogP contribution in [-0.2, 0) is 5.54 Å². The summed E-state index contributed by atoms with van der Waals surface area (Å²) in [5, 5.41) is 16.9. The average Bonchev–Trinajstić information content (AvgIpc) is 2.64. The Balaban J connectivity index is 1.51. The molecule has 4 aliphatic carbocycles. The Labute approximate surface area is 167 Å². The van der Waals surface area contributed by atoms with Gasteiger partial charge in [-0.2, -0.15) is 5.10 Å². The van der Waals surface area contributed by atoms with Crippen LogP contribution in [0.2, 0.25) is 5.02 Å². The van der Waals surface area contributed by atoms with E-state index in [1.807, 2.05) is 0 Å². The summed E-state index contributed by atoms with van der Waals surface area (Å²) in [5.74, 6) is 1.03. The lowest BCUT2D eigenvalue weighted by Gasteiger charge is -2.56. The molecule has 4 bridgehead atoms. The molecule has 0 atom stereocenters. The Bertz CT molecular complexity index is 981. The van der Waals surface area contributed by atoms with Crippen LogP contribution in [0.3, 0.4) is 0 Å². The zero-order chi connectivity index (χ0) is 19.5. The van der Waals surface area contributed by atoms with Crippen molar-refractivity contribution in [3.63, 3.8) is 0 Å². The largest absolute Gasteiger partial charge is 0.478 e. The minimum atomic E-state index is -1.05. The molecule has 0 saturated heterocycles. The van der Waals surface area contributed by atoms with Crippen molar-refractivity contribution in [1.82, 2.24) is 9.78 Å². The summed E-state index contributed by atoms with van der Waals surface area (Å²) in [4.78, 5) is 24.5. The first-order chi connectivity index (χ1) is 13.4. The van der Waals surface area contributed by atoms with Gasteiger partial charge in [-0.25, -0.2) is 9.48 Å². The molecule has 1 aromatic carbocycles. The number of benzene rings is 1. The summed E-state index contributed by atoms with van der Waals surface area (Å²) in [7, 11) is 0. The molecule has 2 N–H and O–H groups in total. The van der Waals surface area contributed by atoms with Gasteiger partial charge in [-0.3, -0.25) is 4.79 Å². The third kappa shape index (κ3) is 2.73. The molecular formula is C21H22ClN3O3. The van der Waals surface area contributed by atoms with Crippen LogP contribution < -0.4 is 10.9 Å². The SMILES string of the molecule is O=C(O)c1ccccc1Nc1cnn(C23CC4CC(CC(C4)C2)C3)c(=O)c1Cl. The molecule has 0 spiro atoms. The maximum absolute atomic E-state index is 13.1. The van der Waals surface area contributed by atoms with Gasteiger partial charge in [0.1, 0.15) is 5.02 Å². The maximum Gasteiger partial charge on any atom is 0.337 e. The highest BCUT2D eigenvalue weighted by Gasteiger charge is 2.53. The van der Waals surface area contributed by atoms with Crippen LogP contribution in [0.5, 0.6) is 0 Å². The second-order valence-electron chi connectivity index (χ2n) is 8.71. The number of hydrogen-bond acceptors (Lipinski definition) is 4. The van der Waals surface area contributed by atoms with E-state index in [-0.39, 0.29) is 21.7 Å². The van der Waals surface area contributed by atoms with Gasteiger partial charge in [0.15, 0.2) is 0 Å². The van der Waals surface area contributed by atoms with E-state index in [1.165, 1.54) is 25.3 Å². The van der Waals surface area contributed by atoms with Crippen LogP contribution in [0.1, 0.15) is 48.9 Å². The Morgan fingerprint density at radius 3 is 2.32 bits per heavy atom. The number of nitrogens with zero attached hydrogens (tertiary/aromatic N) is 2. The van der Waals surface area contributed by atoms with Gasteiger partial charge in [-0.1, -0.05) is 23.7 Å². The van der Waals surface area contributed by atoms with E-state index in [0.29, 0.717) is 29.1 Å². The van der Waals surface area contributed by atoms with Crippen molar-refractivity contribution < 1.29 is 9.90 Å². The van der Waals surface area contributed by atoms with E-state index in [1.54, 1.807) is 29.1 Å². The lowest BCUT2D eigenvalue weighted by molar-refractivity contribution is -0.0518. The fourth-order valence-corrected chi connectivity index (χ4v) is 6.28. The molecule has 146 valence electrons. The van der Waals surface area contributed by atoms with E-state index in [4.69, 9.17) is 11.6 Å². The van der Waals surface area contributed by atoms with Gasteiger partial charge in [-0.05, 0) is 68.4 Å². The normalized spacial score (nSPS) is 30.4. The third-order valence-electron chi connectivity index (χ3n) is 6.80. The standard InChI is InChI=1S/C21H22ClN3O3/c22-18-17(24-16-4-2-1-3-15(16)20(27)28)11-23-25(19(18)26)21-8-12-5-13(9-21)7-14(6-12)10-21/h1-4,11-14,24H,5-10H2,(H,27,28). The second kappa shape index (κ2) is 6.34. The highest BCUT2D eigenvalue weighted by Crippen LogP contribution is 2.58. The highest BCUT2D eigenvalue weighted by molar-refractivity contribution is 6.33. The van der Waals surface area contributed by atoms with Gasteiger partial charge < -0.3 is 10.4 Å². The zero-order valence-electron chi connectivity index (χ0n) is 15.4. The number of carboxylic acid groups (broad SMARTS) is 1. The molecular weight excluding hydrogens is 378 g/mol. The van der Waals surface area contributed by atoms with Crippen molar-refractivity contribution >= 4 is 28.9 Å².